The van der Waals surface area contributed by atoms with Crippen LogP contribution in [0.25, 0.3) is 0 Å². The van der Waals surface area contributed by atoms with Gasteiger partial charge in [0, 0.05) is 10.9 Å². The minimum atomic E-state index is -1.16. The number of carboxylic acid groups (broad SMARTS) is 1. The SMILES string of the molecule is CCCC[C@](N)(Cc1cccc(Br)c1)C(=O)O. The predicted octanol–water partition coefficient (Wildman–Crippen LogP) is 2.96. The normalized spacial score (nSPS) is 14.3. The van der Waals surface area contributed by atoms with Crippen molar-refractivity contribution in [3.05, 3.63) is 34.3 Å². The quantitative estimate of drug-likeness (QED) is 0.849. The Labute approximate surface area is 110 Å². The largest absolute Gasteiger partial charge is 0.480 e. The molecule has 0 heterocycles. The third-order valence-electron chi connectivity index (χ3n) is 2.81. The maximum atomic E-state index is 11.3. The Bertz CT molecular complexity index is 395. The van der Waals surface area contributed by atoms with Crippen LogP contribution in [0, 0.1) is 0 Å². The molecule has 1 aromatic rings. The number of rotatable bonds is 6. The van der Waals surface area contributed by atoms with Crippen molar-refractivity contribution in [2.45, 2.75) is 38.1 Å². The zero-order valence-electron chi connectivity index (χ0n) is 9.95. The van der Waals surface area contributed by atoms with Crippen LogP contribution in [0.3, 0.4) is 0 Å². The lowest BCUT2D eigenvalue weighted by atomic mass is 9.87. The first-order valence-electron chi connectivity index (χ1n) is 5.74. The van der Waals surface area contributed by atoms with Crippen molar-refractivity contribution in [2.75, 3.05) is 0 Å². The topological polar surface area (TPSA) is 63.3 Å². The lowest BCUT2D eigenvalue weighted by Crippen LogP contribution is -2.49. The molecule has 0 bridgehead atoms. The van der Waals surface area contributed by atoms with Gasteiger partial charge in [-0.1, -0.05) is 47.8 Å². The number of halogens is 1. The monoisotopic (exact) mass is 299 g/mol. The molecule has 0 aliphatic heterocycles. The van der Waals surface area contributed by atoms with Crippen molar-refractivity contribution in [2.24, 2.45) is 5.73 Å². The molecule has 0 saturated carbocycles. The van der Waals surface area contributed by atoms with Crippen LogP contribution in [0.5, 0.6) is 0 Å². The molecule has 0 spiro atoms. The van der Waals surface area contributed by atoms with Crippen LogP contribution in [0.4, 0.5) is 0 Å². The van der Waals surface area contributed by atoms with Crippen LogP contribution < -0.4 is 5.73 Å². The zero-order valence-corrected chi connectivity index (χ0v) is 11.5. The summed E-state index contributed by atoms with van der Waals surface area (Å²) in [6.45, 7) is 2.03. The molecule has 4 heteroatoms. The Balaban J connectivity index is 2.83. The molecule has 0 radical (unpaired) electrons. The van der Waals surface area contributed by atoms with Gasteiger partial charge in [-0.05, 0) is 24.1 Å². The van der Waals surface area contributed by atoms with Crippen LogP contribution >= 0.6 is 15.9 Å². The van der Waals surface area contributed by atoms with E-state index in [1.807, 2.05) is 31.2 Å². The van der Waals surface area contributed by atoms with E-state index in [2.05, 4.69) is 15.9 Å². The number of hydrogen-bond donors (Lipinski definition) is 2. The van der Waals surface area contributed by atoms with Crippen molar-refractivity contribution in [3.8, 4) is 0 Å². The average Bonchev–Trinajstić information content (AvgIpc) is 2.26. The summed E-state index contributed by atoms with van der Waals surface area (Å²) in [6, 6.07) is 7.62. The van der Waals surface area contributed by atoms with Crippen molar-refractivity contribution in [3.63, 3.8) is 0 Å². The highest BCUT2D eigenvalue weighted by atomic mass is 79.9. The van der Waals surface area contributed by atoms with Gasteiger partial charge in [-0.15, -0.1) is 0 Å². The maximum Gasteiger partial charge on any atom is 0.324 e. The number of benzene rings is 1. The summed E-state index contributed by atoms with van der Waals surface area (Å²) in [4.78, 5) is 11.3. The number of unbranched alkanes of at least 4 members (excludes halogenated alkanes) is 1. The second-order valence-electron chi connectivity index (χ2n) is 4.37. The van der Waals surface area contributed by atoms with Gasteiger partial charge in [0.05, 0.1) is 0 Å². The van der Waals surface area contributed by atoms with Crippen molar-refractivity contribution >= 4 is 21.9 Å². The third-order valence-corrected chi connectivity index (χ3v) is 3.30. The van der Waals surface area contributed by atoms with Crippen molar-refractivity contribution in [1.29, 1.82) is 0 Å². The van der Waals surface area contributed by atoms with Gasteiger partial charge in [0.2, 0.25) is 0 Å². The third kappa shape index (κ3) is 4.13. The molecule has 0 amide bonds. The first-order valence-corrected chi connectivity index (χ1v) is 6.54. The fourth-order valence-corrected chi connectivity index (χ4v) is 2.22. The molecule has 0 saturated heterocycles. The molecule has 0 aliphatic rings. The van der Waals surface area contributed by atoms with Crippen LogP contribution in [0.2, 0.25) is 0 Å². The van der Waals surface area contributed by atoms with Crippen LogP contribution in [-0.2, 0) is 11.2 Å². The summed E-state index contributed by atoms with van der Waals surface area (Å²) in [5, 5.41) is 9.25. The van der Waals surface area contributed by atoms with Gasteiger partial charge in [0.25, 0.3) is 0 Å². The molecule has 3 N–H and O–H groups in total. The molecule has 0 unspecified atom stereocenters. The van der Waals surface area contributed by atoms with Gasteiger partial charge >= 0.3 is 5.97 Å². The minimum Gasteiger partial charge on any atom is -0.480 e. The maximum absolute atomic E-state index is 11.3. The van der Waals surface area contributed by atoms with E-state index < -0.39 is 11.5 Å². The minimum absolute atomic E-state index is 0.363. The van der Waals surface area contributed by atoms with E-state index in [0.717, 1.165) is 22.9 Å². The molecular weight excluding hydrogens is 282 g/mol. The summed E-state index contributed by atoms with van der Waals surface area (Å²) in [5.41, 5.74) is 5.78. The van der Waals surface area contributed by atoms with Gasteiger partial charge < -0.3 is 10.8 Å². The summed E-state index contributed by atoms with van der Waals surface area (Å²) in [6.07, 6.45) is 2.65. The van der Waals surface area contributed by atoms with Crippen LogP contribution in [-0.4, -0.2) is 16.6 Å². The number of carbonyl (C=O) groups is 1. The van der Waals surface area contributed by atoms with E-state index in [1.54, 1.807) is 0 Å². The molecule has 17 heavy (non-hydrogen) atoms. The molecular formula is C13H18BrNO2. The fourth-order valence-electron chi connectivity index (χ4n) is 1.77. The summed E-state index contributed by atoms with van der Waals surface area (Å²) >= 11 is 3.37. The molecule has 3 nitrogen and oxygen atoms in total. The molecule has 94 valence electrons. The number of carboxylic acids is 1. The standard InChI is InChI=1S/C13H18BrNO2/c1-2-3-7-13(15,12(16)17)9-10-5-4-6-11(14)8-10/h4-6,8H,2-3,7,9,15H2,1H3,(H,16,17)/t13-/m0/s1. The van der Waals surface area contributed by atoms with Crippen LogP contribution in [0.15, 0.2) is 28.7 Å². The van der Waals surface area contributed by atoms with Gasteiger partial charge in [-0.2, -0.15) is 0 Å². The number of hydrogen-bond acceptors (Lipinski definition) is 2. The first kappa shape index (κ1) is 14.2. The van der Waals surface area contributed by atoms with E-state index in [1.165, 1.54) is 0 Å². The average molecular weight is 300 g/mol. The Morgan fingerprint density at radius 1 is 1.53 bits per heavy atom. The highest BCUT2D eigenvalue weighted by molar-refractivity contribution is 9.10. The zero-order chi connectivity index (χ0) is 12.9. The predicted molar refractivity (Wildman–Crippen MR) is 71.9 cm³/mol. The highest BCUT2D eigenvalue weighted by Gasteiger charge is 2.33. The second kappa shape index (κ2) is 6.17. The summed E-state index contributed by atoms with van der Waals surface area (Å²) in [7, 11) is 0. The van der Waals surface area contributed by atoms with Gasteiger partial charge in [-0.25, -0.2) is 0 Å². The van der Waals surface area contributed by atoms with Gasteiger partial charge in [0.1, 0.15) is 5.54 Å². The molecule has 1 atom stereocenters. The van der Waals surface area contributed by atoms with E-state index in [4.69, 9.17) is 5.73 Å². The highest BCUT2D eigenvalue weighted by Crippen LogP contribution is 2.20. The Morgan fingerprint density at radius 3 is 2.76 bits per heavy atom. The first-order chi connectivity index (χ1) is 7.98. The molecule has 1 rings (SSSR count). The smallest absolute Gasteiger partial charge is 0.324 e. The van der Waals surface area contributed by atoms with Gasteiger partial charge in [0.15, 0.2) is 0 Å². The van der Waals surface area contributed by atoms with Crippen molar-refractivity contribution in [1.82, 2.24) is 0 Å². The molecule has 0 aliphatic carbocycles. The van der Waals surface area contributed by atoms with E-state index in [0.29, 0.717) is 12.8 Å². The molecule has 0 aromatic heterocycles. The molecule has 0 fully saturated rings. The van der Waals surface area contributed by atoms with Gasteiger partial charge in [-0.3, -0.25) is 4.79 Å². The lowest BCUT2D eigenvalue weighted by molar-refractivity contribution is -0.143. The Morgan fingerprint density at radius 2 is 2.24 bits per heavy atom. The summed E-state index contributed by atoms with van der Waals surface area (Å²) < 4.78 is 0.943. The fraction of sp³-hybridized carbons (Fsp3) is 0.462. The van der Waals surface area contributed by atoms with E-state index in [9.17, 15) is 9.90 Å². The van der Waals surface area contributed by atoms with Crippen molar-refractivity contribution < 1.29 is 9.90 Å². The second-order valence-corrected chi connectivity index (χ2v) is 5.29. The van der Waals surface area contributed by atoms with Crippen LogP contribution in [0.1, 0.15) is 31.7 Å². The van der Waals surface area contributed by atoms with E-state index >= 15 is 0 Å². The molecule has 1 aromatic carbocycles. The Hall–Kier alpha value is -0.870. The lowest BCUT2D eigenvalue weighted by Gasteiger charge is -2.24. The number of aliphatic carboxylic acids is 1. The summed E-state index contributed by atoms with van der Waals surface area (Å²) in [5.74, 6) is -0.925. The Kier molecular flexibility index (Phi) is 5.15. The van der Waals surface area contributed by atoms with E-state index in [-0.39, 0.29) is 0 Å². The number of nitrogens with two attached hydrogens (primary N) is 1.